The fourth-order valence-corrected chi connectivity index (χ4v) is 10.8. The Balaban J connectivity index is 1.18. The molecule has 2 amide bonds. The second-order valence-electron chi connectivity index (χ2n) is 15.2. The average molecular weight is 748 g/mol. The number of nitrogens with zero attached hydrogens (tertiary/aromatic N) is 4. The smallest absolute Gasteiger partial charge is 0.305 e. The molecule has 1 spiro atoms. The quantitative estimate of drug-likeness (QED) is 0.318. The third-order valence-corrected chi connectivity index (χ3v) is 13.8. The summed E-state index contributed by atoms with van der Waals surface area (Å²) in [5.74, 6) is 0.365. The summed E-state index contributed by atoms with van der Waals surface area (Å²) in [5.41, 5.74) is 3.46. The van der Waals surface area contributed by atoms with Crippen molar-refractivity contribution in [3.05, 3.63) is 87.8 Å². The number of amides is 2. The minimum Gasteiger partial charge on any atom is -0.489 e. The lowest BCUT2D eigenvalue weighted by Gasteiger charge is -2.45. The van der Waals surface area contributed by atoms with Crippen LogP contribution in [0.4, 0.5) is 5.82 Å². The number of ether oxygens (including phenoxy) is 3. The monoisotopic (exact) mass is 747 g/mol. The van der Waals surface area contributed by atoms with Gasteiger partial charge in [0.25, 0.3) is 5.91 Å². The van der Waals surface area contributed by atoms with Gasteiger partial charge < -0.3 is 23.7 Å². The highest BCUT2D eigenvalue weighted by molar-refractivity contribution is 7.92. The van der Waals surface area contributed by atoms with Crippen molar-refractivity contribution in [2.24, 2.45) is 22.1 Å². The molecule has 1 aromatic carbocycles. The molecular weight excluding hydrogens is 702 g/mol. The van der Waals surface area contributed by atoms with Crippen molar-refractivity contribution in [2.45, 2.75) is 70.1 Å². The predicted octanol–water partition coefficient (Wildman–Crippen LogP) is 6.13. The molecule has 2 aliphatic carbocycles. The first kappa shape index (κ1) is 35.3. The number of aromatic nitrogens is 2. The van der Waals surface area contributed by atoms with Crippen LogP contribution in [0.3, 0.4) is 0 Å². The molecule has 5 heterocycles. The number of hydrogen-bond donors (Lipinski definition) is 1. The van der Waals surface area contributed by atoms with Crippen molar-refractivity contribution >= 4 is 39.1 Å². The van der Waals surface area contributed by atoms with Crippen molar-refractivity contribution < 1.29 is 28.0 Å². The number of anilines is 1. The zero-order valence-electron chi connectivity index (χ0n) is 29.7. The highest BCUT2D eigenvalue weighted by atomic mass is 35.5. The second-order valence-corrected chi connectivity index (χ2v) is 17.6. The lowest BCUT2D eigenvalue weighted by atomic mass is 9.68. The van der Waals surface area contributed by atoms with Crippen molar-refractivity contribution in [3.63, 3.8) is 0 Å². The van der Waals surface area contributed by atoms with E-state index in [1.54, 1.807) is 31.5 Å². The number of nitrogens with one attached hydrogen (secondary N) is 1. The van der Waals surface area contributed by atoms with E-state index in [1.807, 2.05) is 17.6 Å². The number of allylic oxidation sites excluding steroid dienone is 1. The van der Waals surface area contributed by atoms with E-state index in [1.165, 1.54) is 11.1 Å². The Morgan fingerprint density at radius 1 is 1.19 bits per heavy atom. The van der Waals surface area contributed by atoms with Crippen LogP contribution < -0.4 is 14.4 Å². The molecule has 0 radical (unpaired) electrons. The summed E-state index contributed by atoms with van der Waals surface area (Å²) in [5, 5.41) is 0.729. The largest absolute Gasteiger partial charge is 0.489 e. The molecule has 3 aliphatic heterocycles. The van der Waals surface area contributed by atoms with Crippen LogP contribution in [0.25, 0.3) is 0 Å². The van der Waals surface area contributed by atoms with Crippen LogP contribution in [-0.2, 0) is 44.4 Å². The van der Waals surface area contributed by atoms with Gasteiger partial charge in [0.15, 0.2) is 11.6 Å². The number of fused-ring (bicyclic) bond motifs is 5. The SMILES string of the molecule is CO[C@H]1/C=C\C[C@H](C)CS(=O)(NC(=O)c2cc3n(c2)CCOC3)=NC(=O)c2ccc3c(n2)N(C[C@@H]2CC[C@H]21)C[C@@]1(CCCc2cc(Cl)ccc21)CO3. The summed E-state index contributed by atoms with van der Waals surface area (Å²) in [6.07, 6.45) is 11.5. The van der Waals surface area contributed by atoms with Crippen LogP contribution >= 0.6 is 11.6 Å². The third-order valence-electron chi connectivity index (χ3n) is 11.6. The molecule has 1 N–H and O–H groups in total. The van der Waals surface area contributed by atoms with Crippen molar-refractivity contribution in [1.82, 2.24) is 14.3 Å². The van der Waals surface area contributed by atoms with Crippen molar-refractivity contribution in [2.75, 3.05) is 44.1 Å². The first-order chi connectivity index (χ1) is 25.1. The van der Waals surface area contributed by atoms with E-state index in [0.29, 0.717) is 68.3 Å². The second kappa shape index (κ2) is 14.3. The minimum absolute atomic E-state index is 0.0126. The number of carbonyl (C=O) groups excluding carboxylic acids is 2. The molecule has 5 aliphatic rings. The van der Waals surface area contributed by atoms with E-state index >= 15 is 0 Å². The Hall–Kier alpha value is -3.71. The molecule has 276 valence electrons. The number of methoxy groups -OCH3 is 1. The maximum absolute atomic E-state index is 14.6. The van der Waals surface area contributed by atoms with Gasteiger partial charge in [-0.3, -0.25) is 14.3 Å². The van der Waals surface area contributed by atoms with Gasteiger partial charge in [-0.05, 0) is 97.7 Å². The fraction of sp³-hybridized carbons (Fsp3) is 0.513. The normalized spacial score (nSPS) is 30.8. The Morgan fingerprint density at radius 3 is 2.88 bits per heavy atom. The topological polar surface area (TPSA) is 124 Å². The van der Waals surface area contributed by atoms with Gasteiger partial charge in [-0.2, -0.15) is 0 Å². The maximum atomic E-state index is 14.6. The van der Waals surface area contributed by atoms with E-state index in [2.05, 4.69) is 38.3 Å². The highest BCUT2D eigenvalue weighted by Crippen LogP contribution is 2.46. The molecule has 13 heteroatoms. The van der Waals surface area contributed by atoms with Crippen LogP contribution in [0, 0.1) is 17.8 Å². The van der Waals surface area contributed by atoms with Gasteiger partial charge in [0.05, 0.1) is 37.2 Å². The van der Waals surface area contributed by atoms with Gasteiger partial charge in [0.1, 0.15) is 15.6 Å². The first-order valence-electron chi connectivity index (χ1n) is 18.4. The van der Waals surface area contributed by atoms with Crippen molar-refractivity contribution in [3.8, 4) is 5.75 Å². The molecule has 2 bridgehead atoms. The predicted molar refractivity (Wildman–Crippen MR) is 199 cm³/mol. The molecule has 1 unspecified atom stereocenters. The molecule has 8 rings (SSSR count). The Morgan fingerprint density at radius 2 is 2.08 bits per heavy atom. The number of pyridine rings is 1. The zero-order valence-corrected chi connectivity index (χ0v) is 31.3. The van der Waals surface area contributed by atoms with Crippen LogP contribution in [-0.4, -0.2) is 70.8 Å². The number of rotatable bonds is 3. The lowest BCUT2D eigenvalue weighted by molar-refractivity contribution is 0.0131. The van der Waals surface area contributed by atoms with E-state index in [-0.39, 0.29) is 28.9 Å². The molecular formula is C39H46ClN5O6S. The molecule has 1 fully saturated rings. The van der Waals surface area contributed by atoms with Crippen LogP contribution in [0.15, 0.2) is 59.1 Å². The first-order valence-corrected chi connectivity index (χ1v) is 20.4. The van der Waals surface area contributed by atoms with E-state index in [0.717, 1.165) is 49.4 Å². The summed E-state index contributed by atoms with van der Waals surface area (Å²) in [7, 11) is -1.81. The molecule has 1 saturated carbocycles. The molecule has 2 aromatic heterocycles. The molecule has 6 atom stereocenters. The summed E-state index contributed by atoms with van der Waals surface area (Å²) < 4.78 is 41.7. The summed E-state index contributed by atoms with van der Waals surface area (Å²) in [4.78, 5) is 34.8. The van der Waals surface area contributed by atoms with Gasteiger partial charge in [0.2, 0.25) is 0 Å². The van der Waals surface area contributed by atoms with Gasteiger partial charge >= 0.3 is 5.91 Å². The molecule has 11 nitrogen and oxygen atoms in total. The summed E-state index contributed by atoms with van der Waals surface area (Å²) in [6, 6.07) is 11.3. The van der Waals surface area contributed by atoms with E-state index < -0.39 is 21.7 Å². The van der Waals surface area contributed by atoms with Crippen LogP contribution in [0.1, 0.15) is 76.7 Å². The fourth-order valence-electron chi connectivity index (χ4n) is 8.76. The Bertz CT molecular complexity index is 2020. The van der Waals surface area contributed by atoms with E-state index in [4.69, 9.17) is 30.8 Å². The van der Waals surface area contributed by atoms with Gasteiger partial charge in [-0.25, -0.2) is 9.19 Å². The number of aryl methyl sites for hydroxylation is 1. The molecule has 0 saturated heterocycles. The maximum Gasteiger partial charge on any atom is 0.305 e. The number of halogens is 1. The summed E-state index contributed by atoms with van der Waals surface area (Å²) in [6.45, 7) is 5.37. The Kier molecular flexibility index (Phi) is 9.69. The number of benzene rings is 1. The van der Waals surface area contributed by atoms with Gasteiger partial charge in [-0.15, -0.1) is 4.36 Å². The Labute approximate surface area is 310 Å². The van der Waals surface area contributed by atoms with Crippen LogP contribution in [0.5, 0.6) is 5.75 Å². The zero-order chi connectivity index (χ0) is 36.0. The third kappa shape index (κ3) is 6.90. The van der Waals surface area contributed by atoms with Crippen LogP contribution in [0.2, 0.25) is 5.02 Å². The van der Waals surface area contributed by atoms with Crippen molar-refractivity contribution in [1.29, 1.82) is 0 Å². The molecule has 52 heavy (non-hydrogen) atoms. The number of hydrogen-bond acceptors (Lipinski definition) is 8. The lowest BCUT2D eigenvalue weighted by Crippen LogP contribution is -2.49. The minimum atomic E-state index is -3.57. The highest BCUT2D eigenvalue weighted by Gasteiger charge is 2.45. The van der Waals surface area contributed by atoms with Gasteiger partial charge in [-0.1, -0.05) is 36.7 Å². The molecule has 3 aromatic rings. The summed E-state index contributed by atoms with van der Waals surface area (Å²) >= 11 is 6.46. The van der Waals surface area contributed by atoms with E-state index in [9.17, 15) is 13.8 Å². The van der Waals surface area contributed by atoms with Gasteiger partial charge in [0, 0.05) is 49.1 Å². The standard InChI is InChI=1S/C39H46ClN5O6S/c1-25-5-3-7-34(49-2)31-10-8-27(31)19-45-23-39(14-4-6-26-17-29(40)9-11-32(26)39)24-51-35-13-12-33(41-36(35)45)38(47)43-52(48,22-25)42-37(46)28-18-30-21-50-16-15-44(30)20-28/h3,7,9,11-13,17-18,20,25,27,31,34H,4-6,8,10,14-16,19,21-24H2,1-2H3,(H,42,43,46,47,48)/b7-3-/t25-,27-,31+,34-,39-,52?/m0/s1. The number of carbonyl (C=O) groups is 2. The average Bonchev–Trinajstić information content (AvgIpc) is 3.49.